The lowest BCUT2D eigenvalue weighted by atomic mass is 10.0. The molecule has 0 radical (unpaired) electrons. The Morgan fingerprint density at radius 3 is 2.70 bits per heavy atom. The summed E-state index contributed by atoms with van der Waals surface area (Å²) in [5.74, 6) is 0.798. The van der Waals surface area contributed by atoms with Crippen molar-refractivity contribution in [1.29, 1.82) is 0 Å². The predicted octanol–water partition coefficient (Wildman–Crippen LogP) is 4.39. The Kier molecular flexibility index (Phi) is 4.62. The number of halogens is 2. The molecular weight excluding hydrogens is 396 g/mol. The summed E-state index contributed by atoms with van der Waals surface area (Å²) in [4.78, 5) is 14.9. The lowest BCUT2D eigenvalue weighted by Gasteiger charge is -2.09. The number of hydrogen-bond donors (Lipinski definition) is 1. The van der Waals surface area contributed by atoms with Crippen LogP contribution in [-0.4, -0.2) is 31.7 Å². The van der Waals surface area contributed by atoms with Crippen LogP contribution in [0.3, 0.4) is 0 Å². The van der Waals surface area contributed by atoms with Gasteiger partial charge in [-0.1, -0.05) is 0 Å². The topological polar surface area (TPSA) is 74.0 Å². The number of amides is 1. The van der Waals surface area contributed by atoms with Gasteiger partial charge in [-0.25, -0.2) is 8.96 Å². The second kappa shape index (κ2) is 7.08. The van der Waals surface area contributed by atoms with Gasteiger partial charge >= 0.3 is 0 Å². The fourth-order valence-electron chi connectivity index (χ4n) is 3.02. The second-order valence-corrected chi connectivity index (χ2v) is 6.45. The van der Waals surface area contributed by atoms with Crippen LogP contribution in [0.2, 0.25) is 0 Å². The van der Waals surface area contributed by atoms with Gasteiger partial charge in [0, 0.05) is 22.7 Å². The number of nitrogens with one attached hydrogen (secondary N) is 1. The van der Waals surface area contributed by atoms with Gasteiger partial charge in [0.1, 0.15) is 11.6 Å². The van der Waals surface area contributed by atoms with E-state index < -0.39 is 0 Å². The number of fused-ring (bicyclic) bond motifs is 2. The van der Waals surface area contributed by atoms with E-state index in [1.165, 1.54) is 17.3 Å². The fraction of sp³-hybridized carbons (Fsp3) is 0.0625. The van der Waals surface area contributed by atoms with Crippen LogP contribution in [-0.2, 0) is 4.79 Å². The maximum atomic E-state index is 13.4. The van der Waals surface area contributed by atoms with E-state index in [4.69, 9.17) is 4.74 Å². The maximum Gasteiger partial charge on any atom is 0.212 e. The Labute approximate surface area is 160 Å². The van der Waals surface area contributed by atoms with E-state index in [0.29, 0.717) is 51.0 Å². The molecule has 0 fully saturated rings. The summed E-state index contributed by atoms with van der Waals surface area (Å²) in [5.41, 5.74) is 2.27. The van der Waals surface area contributed by atoms with Gasteiger partial charge in [0.2, 0.25) is 6.41 Å². The standard InChI is InChI=1S/C16H11F2N5O2S2/c1-25-15-9(2-4-13-11(15)6-20-23(13)27-18)12-7-22(26-17)16-10(12)3-5-14(21-16)19-8-24/h2-8H,1H3,(H,19,21,24). The Bertz CT molecular complexity index is 1160. The molecule has 0 aliphatic heterocycles. The van der Waals surface area contributed by atoms with Crippen molar-refractivity contribution in [3.63, 3.8) is 0 Å². The van der Waals surface area contributed by atoms with E-state index in [0.717, 1.165) is 4.09 Å². The first-order chi connectivity index (χ1) is 13.2. The number of rotatable bonds is 6. The fourth-order valence-corrected chi connectivity index (χ4v) is 3.69. The highest BCUT2D eigenvalue weighted by Crippen LogP contribution is 2.41. The zero-order chi connectivity index (χ0) is 19.0. The van der Waals surface area contributed by atoms with Crippen molar-refractivity contribution in [2.24, 2.45) is 0 Å². The van der Waals surface area contributed by atoms with Crippen LogP contribution in [0.4, 0.5) is 13.6 Å². The van der Waals surface area contributed by atoms with Gasteiger partial charge in [-0.15, -0.1) is 7.77 Å². The van der Waals surface area contributed by atoms with Gasteiger partial charge in [0.15, 0.2) is 30.3 Å². The summed E-state index contributed by atoms with van der Waals surface area (Å²) in [6.07, 6.45) is 3.60. The summed E-state index contributed by atoms with van der Waals surface area (Å²) in [6, 6.07) is 6.83. The average molecular weight is 407 g/mol. The molecule has 0 aliphatic rings. The molecule has 1 amide bonds. The van der Waals surface area contributed by atoms with Crippen molar-refractivity contribution >= 4 is 58.8 Å². The SMILES string of the molecule is COc1c(-c2cn(SF)c3nc(NC=O)ccc23)ccc2c1cnn2SF. The zero-order valence-electron chi connectivity index (χ0n) is 13.7. The number of hydrogen-bond acceptors (Lipinski definition) is 6. The van der Waals surface area contributed by atoms with Gasteiger partial charge in [0.05, 0.1) is 24.2 Å². The Hall–Kier alpha value is -2.79. The first-order valence-electron chi connectivity index (χ1n) is 7.57. The minimum absolute atomic E-state index is 0.00674. The number of pyridine rings is 1. The lowest BCUT2D eigenvalue weighted by Crippen LogP contribution is -1.97. The van der Waals surface area contributed by atoms with E-state index in [9.17, 15) is 12.6 Å². The number of carbonyl (C=O) groups excluding carboxylic acids is 1. The molecule has 1 N–H and O–H groups in total. The van der Waals surface area contributed by atoms with Crippen LogP contribution in [0.5, 0.6) is 5.75 Å². The molecule has 0 saturated heterocycles. The van der Waals surface area contributed by atoms with Crippen LogP contribution >= 0.6 is 24.7 Å². The average Bonchev–Trinajstić information content (AvgIpc) is 3.28. The molecule has 0 aliphatic carbocycles. The number of nitrogens with zero attached hydrogens (tertiary/aromatic N) is 4. The minimum atomic E-state index is -0.0101. The van der Waals surface area contributed by atoms with Crippen LogP contribution < -0.4 is 10.1 Å². The summed E-state index contributed by atoms with van der Waals surface area (Å²) < 4.78 is 34.4. The maximum absolute atomic E-state index is 13.4. The molecule has 4 rings (SSSR count). The van der Waals surface area contributed by atoms with Crippen LogP contribution in [0.1, 0.15) is 0 Å². The van der Waals surface area contributed by atoms with Crippen molar-refractivity contribution in [2.45, 2.75) is 0 Å². The molecular formula is C16H11F2N5O2S2. The van der Waals surface area contributed by atoms with Gasteiger partial charge in [-0.2, -0.15) is 9.19 Å². The summed E-state index contributed by atoms with van der Waals surface area (Å²) in [5, 5.41) is 7.71. The van der Waals surface area contributed by atoms with Crippen LogP contribution in [0.15, 0.2) is 36.7 Å². The molecule has 0 saturated carbocycles. The first-order valence-corrected chi connectivity index (χ1v) is 8.92. The molecule has 3 heterocycles. The quantitative estimate of drug-likeness (QED) is 0.478. The molecule has 27 heavy (non-hydrogen) atoms. The highest BCUT2D eigenvalue weighted by molar-refractivity contribution is 7.93. The molecule has 0 spiro atoms. The Balaban J connectivity index is 1.98. The van der Waals surface area contributed by atoms with Gasteiger partial charge < -0.3 is 10.1 Å². The Morgan fingerprint density at radius 2 is 2.00 bits per heavy atom. The van der Waals surface area contributed by atoms with E-state index in [2.05, 4.69) is 15.4 Å². The number of benzene rings is 1. The number of ether oxygens (including phenoxy) is 1. The predicted molar refractivity (Wildman–Crippen MR) is 103 cm³/mol. The van der Waals surface area contributed by atoms with Gasteiger partial charge in [0.25, 0.3) is 0 Å². The second-order valence-electron chi connectivity index (χ2n) is 5.43. The highest BCUT2D eigenvalue weighted by atomic mass is 32.2. The van der Waals surface area contributed by atoms with Crippen molar-refractivity contribution in [3.8, 4) is 16.9 Å². The molecule has 11 heteroatoms. The summed E-state index contributed by atoms with van der Waals surface area (Å²) in [7, 11) is 1.51. The summed E-state index contributed by atoms with van der Waals surface area (Å²) in [6.45, 7) is 0. The Morgan fingerprint density at radius 1 is 1.15 bits per heavy atom. The molecule has 4 aromatic rings. The molecule has 0 bridgehead atoms. The van der Waals surface area contributed by atoms with E-state index in [-0.39, 0.29) is 24.7 Å². The molecule has 138 valence electrons. The van der Waals surface area contributed by atoms with Crippen molar-refractivity contribution in [1.82, 2.24) is 18.1 Å². The van der Waals surface area contributed by atoms with E-state index in [1.807, 2.05) is 0 Å². The molecule has 0 unspecified atom stereocenters. The number of anilines is 1. The molecule has 7 nitrogen and oxygen atoms in total. The van der Waals surface area contributed by atoms with Crippen molar-refractivity contribution < 1.29 is 17.3 Å². The van der Waals surface area contributed by atoms with Gasteiger partial charge in [-0.05, 0) is 24.3 Å². The largest absolute Gasteiger partial charge is 0.495 e. The zero-order valence-corrected chi connectivity index (χ0v) is 15.4. The molecule has 3 aromatic heterocycles. The third-order valence-electron chi connectivity index (χ3n) is 4.13. The highest BCUT2D eigenvalue weighted by Gasteiger charge is 2.19. The number of methoxy groups -OCH3 is 1. The summed E-state index contributed by atoms with van der Waals surface area (Å²) >= 11 is -0.0169. The molecule has 0 atom stereocenters. The molecule has 1 aromatic carbocycles. The van der Waals surface area contributed by atoms with Crippen LogP contribution in [0.25, 0.3) is 33.1 Å². The third kappa shape index (κ3) is 2.79. The first kappa shape index (κ1) is 17.6. The smallest absolute Gasteiger partial charge is 0.212 e. The van der Waals surface area contributed by atoms with E-state index >= 15 is 0 Å². The normalized spacial score (nSPS) is 11.2. The van der Waals surface area contributed by atoms with Gasteiger partial charge in [-0.3, -0.25) is 4.79 Å². The third-order valence-corrected chi connectivity index (χ3v) is 4.98. The lowest BCUT2D eigenvalue weighted by molar-refractivity contribution is -0.105. The monoisotopic (exact) mass is 407 g/mol. The van der Waals surface area contributed by atoms with Crippen molar-refractivity contribution in [3.05, 3.63) is 36.7 Å². The number of aromatic nitrogens is 4. The number of carbonyl (C=O) groups is 1. The minimum Gasteiger partial charge on any atom is -0.495 e. The van der Waals surface area contributed by atoms with Crippen LogP contribution in [0, 0.1) is 0 Å². The van der Waals surface area contributed by atoms with Crippen molar-refractivity contribution in [2.75, 3.05) is 12.4 Å². The van der Waals surface area contributed by atoms with E-state index in [1.54, 1.807) is 30.5 Å².